The van der Waals surface area contributed by atoms with Crippen LogP contribution in [-0.2, 0) is 0 Å². The molecule has 0 aliphatic carbocycles. The van der Waals surface area contributed by atoms with Crippen LogP contribution in [0.2, 0.25) is 0 Å². The number of nitrogens with zero attached hydrogens (tertiary/aromatic N) is 3. The Morgan fingerprint density at radius 2 is 2.33 bits per heavy atom. The van der Waals surface area contributed by atoms with Crippen LogP contribution in [-0.4, -0.2) is 26.8 Å². The Morgan fingerprint density at radius 1 is 1.43 bits per heavy atom. The van der Waals surface area contributed by atoms with Gasteiger partial charge >= 0.3 is 0 Å². The molecule has 3 rings (SSSR count). The summed E-state index contributed by atoms with van der Waals surface area (Å²) in [5.41, 5.74) is 3.25. The molecule has 21 heavy (non-hydrogen) atoms. The summed E-state index contributed by atoms with van der Waals surface area (Å²) in [6.45, 7) is 3.65. The Kier molecular flexibility index (Phi) is 4.28. The number of carbonyl (C=O) groups excluding carboxylic acids is 1. The largest absolute Gasteiger partial charge is 0.296 e. The number of hydrogen-bond donors (Lipinski definition) is 1. The van der Waals surface area contributed by atoms with E-state index < -0.39 is 0 Å². The third-order valence-electron chi connectivity index (χ3n) is 2.55. The van der Waals surface area contributed by atoms with Crippen LogP contribution in [0.5, 0.6) is 0 Å². The zero-order valence-corrected chi connectivity index (χ0v) is 13.2. The molecule has 2 aromatic heterocycles. The smallest absolute Gasteiger partial charge is 0.257 e. The lowest BCUT2D eigenvalue weighted by atomic mass is 10.2. The van der Waals surface area contributed by atoms with Gasteiger partial charge in [0.15, 0.2) is 4.34 Å². The minimum Gasteiger partial charge on any atom is -0.296 e. The first-order valence-electron chi connectivity index (χ1n) is 5.98. The molecular formula is C13H10N4OS3. The summed E-state index contributed by atoms with van der Waals surface area (Å²) in [4.78, 5) is 16.4. The van der Waals surface area contributed by atoms with Crippen molar-refractivity contribution in [1.82, 2.24) is 15.2 Å². The average molecular weight is 334 g/mol. The van der Waals surface area contributed by atoms with Gasteiger partial charge in [0.1, 0.15) is 0 Å². The Labute approximate surface area is 133 Å². The fourth-order valence-electron chi connectivity index (χ4n) is 1.61. The zero-order chi connectivity index (χ0) is 14.7. The fourth-order valence-corrected chi connectivity index (χ4v) is 3.84. The van der Waals surface area contributed by atoms with Gasteiger partial charge in [0.05, 0.1) is 15.7 Å². The van der Waals surface area contributed by atoms with Gasteiger partial charge in [-0.15, -0.1) is 28.1 Å². The SMILES string of the molecule is C=CCSc1nnc(NC(=O)c2ccc3ncsc3c2)s1. The van der Waals surface area contributed by atoms with Crippen LogP contribution < -0.4 is 5.32 Å². The van der Waals surface area contributed by atoms with Gasteiger partial charge in [-0.1, -0.05) is 29.2 Å². The molecule has 8 heteroatoms. The molecule has 5 nitrogen and oxygen atoms in total. The van der Waals surface area contributed by atoms with E-state index in [0.717, 1.165) is 20.3 Å². The van der Waals surface area contributed by atoms with Gasteiger partial charge in [0, 0.05) is 11.3 Å². The summed E-state index contributed by atoms with van der Waals surface area (Å²) >= 11 is 4.40. The van der Waals surface area contributed by atoms with Gasteiger partial charge in [-0.2, -0.15) is 0 Å². The van der Waals surface area contributed by atoms with E-state index in [0.29, 0.717) is 10.7 Å². The molecule has 1 aromatic carbocycles. The highest BCUT2D eigenvalue weighted by Crippen LogP contribution is 2.26. The monoisotopic (exact) mass is 334 g/mol. The minimum absolute atomic E-state index is 0.193. The summed E-state index contributed by atoms with van der Waals surface area (Å²) in [6.07, 6.45) is 1.80. The van der Waals surface area contributed by atoms with E-state index in [9.17, 15) is 4.79 Å². The Bertz CT molecular complexity index is 795. The molecule has 0 aliphatic rings. The molecule has 3 aromatic rings. The van der Waals surface area contributed by atoms with Gasteiger partial charge < -0.3 is 0 Å². The second kappa shape index (κ2) is 6.33. The van der Waals surface area contributed by atoms with Crippen molar-refractivity contribution in [3.05, 3.63) is 41.9 Å². The highest BCUT2D eigenvalue weighted by molar-refractivity contribution is 8.01. The standard InChI is InChI=1S/C13H10N4OS3/c1-2-5-19-13-17-16-12(21-13)15-11(18)8-3-4-9-10(6-8)20-7-14-9/h2-4,6-7H,1,5H2,(H,15,16,18). The second-order valence-corrected chi connectivity index (χ2v) is 7.09. The highest BCUT2D eigenvalue weighted by Gasteiger charge is 2.11. The van der Waals surface area contributed by atoms with E-state index in [-0.39, 0.29) is 5.91 Å². The highest BCUT2D eigenvalue weighted by atomic mass is 32.2. The Morgan fingerprint density at radius 3 is 3.19 bits per heavy atom. The first-order valence-corrected chi connectivity index (χ1v) is 8.66. The van der Waals surface area contributed by atoms with Crippen molar-refractivity contribution < 1.29 is 4.79 Å². The van der Waals surface area contributed by atoms with Crippen LogP contribution in [0.25, 0.3) is 10.2 Å². The lowest BCUT2D eigenvalue weighted by molar-refractivity contribution is 0.102. The van der Waals surface area contributed by atoms with E-state index in [4.69, 9.17) is 0 Å². The average Bonchev–Trinajstić information content (AvgIpc) is 3.12. The number of carbonyl (C=O) groups is 1. The molecule has 0 aliphatic heterocycles. The maximum absolute atomic E-state index is 12.2. The van der Waals surface area contributed by atoms with Crippen molar-refractivity contribution in [3.8, 4) is 0 Å². The molecule has 0 radical (unpaired) electrons. The van der Waals surface area contributed by atoms with E-state index in [1.54, 1.807) is 17.7 Å². The lowest BCUT2D eigenvalue weighted by Crippen LogP contribution is -2.11. The molecule has 0 spiro atoms. The third-order valence-corrected chi connectivity index (χ3v) is 5.30. The van der Waals surface area contributed by atoms with Crippen molar-refractivity contribution in [1.29, 1.82) is 0 Å². The molecule has 0 saturated heterocycles. The van der Waals surface area contributed by atoms with Crippen LogP contribution in [0.4, 0.5) is 5.13 Å². The van der Waals surface area contributed by atoms with Gasteiger partial charge in [0.25, 0.3) is 5.91 Å². The lowest BCUT2D eigenvalue weighted by Gasteiger charge is -2.00. The van der Waals surface area contributed by atoms with Crippen LogP contribution >= 0.6 is 34.4 Å². The van der Waals surface area contributed by atoms with Crippen molar-refractivity contribution >= 4 is 55.7 Å². The molecule has 106 valence electrons. The molecule has 0 saturated carbocycles. The first kappa shape index (κ1) is 14.2. The predicted molar refractivity (Wildman–Crippen MR) is 88.4 cm³/mol. The molecule has 0 atom stereocenters. The van der Waals surface area contributed by atoms with Crippen LogP contribution in [0.3, 0.4) is 0 Å². The van der Waals surface area contributed by atoms with Gasteiger partial charge in [0.2, 0.25) is 5.13 Å². The summed E-state index contributed by atoms with van der Waals surface area (Å²) in [6, 6.07) is 5.43. The quantitative estimate of drug-likeness (QED) is 0.438. The number of benzene rings is 1. The number of amides is 1. The summed E-state index contributed by atoms with van der Waals surface area (Å²) in [5.74, 6) is 0.576. The van der Waals surface area contributed by atoms with Gasteiger partial charge in [-0.3, -0.25) is 10.1 Å². The third kappa shape index (κ3) is 3.29. The van der Waals surface area contributed by atoms with E-state index in [1.165, 1.54) is 34.4 Å². The van der Waals surface area contributed by atoms with Crippen LogP contribution in [0.15, 0.2) is 40.7 Å². The number of thiazole rings is 1. The maximum Gasteiger partial charge on any atom is 0.257 e. The normalized spacial score (nSPS) is 10.7. The summed E-state index contributed by atoms with van der Waals surface area (Å²) < 4.78 is 1.80. The van der Waals surface area contributed by atoms with Crippen LogP contribution in [0, 0.1) is 0 Å². The fraction of sp³-hybridized carbons (Fsp3) is 0.0769. The minimum atomic E-state index is -0.193. The zero-order valence-electron chi connectivity index (χ0n) is 10.8. The van der Waals surface area contributed by atoms with Crippen molar-refractivity contribution in [2.24, 2.45) is 0 Å². The molecular weight excluding hydrogens is 324 g/mol. The number of rotatable bonds is 5. The van der Waals surface area contributed by atoms with E-state index in [2.05, 4.69) is 27.1 Å². The van der Waals surface area contributed by atoms with Gasteiger partial charge in [-0.25, -0.2) is 4.98 Å². The number of anilines is 1. The summed E-state index contributed by atoms with van der Waals surface area (Å²) in [7, 11) is 0. The summed E-state index contributed by atoms with van der Waals surface area (Å²) in [5, 5.41) is 11.2. The first-order chi connectivity index (χ1) is 10.3. The van der Waals surface area contributed by atoms with Crippen molar-refractivity contribution in [2.75, 3.05) is 11.1 Å². The maximum atomic E-state index is 12.2. The van der Waals surface area contributed by atoms with E-state index in [1.807, 2.05) is 12.1 Å². The van der Waals surface area contributed by atoms with Crippen LogP contribution in [0.1, 0.15) is 10.4 Å². The second-order valence-electron chi connectivity index (χ2n) is 3.96. The molecule has 1 N–H and O–H groups in total. The molecule has 0 bridgehead atoms. The predicted octanol–water partition coefficient (Wildman–Crippen LogP) is 3.68. The molecule has 2 heterocycles. The number of thioether (sulfide) groups is 1. The molecule has 0 unspecified atom stereocenters. The van der Waals surface area contributed by atoms with Crippen molar-refractivity contribution in [2.45, 2.75) is 4.34 Å². The van der Waals surface area contributed by atoms with E-state index >= 15 is 0 Å². The van der Waals surface area contributed by atoms with Gasteiger partial charge in [-0.05, 0) is 18.2 Å². The van der Waals surface area contributed by atoms with Crippen molar-refractivity contribution in [3.63, 3.8) is 0 Å². The number of hydrogen-bond acceptors (Lipinski definition) is 7. The molecule has 0 fully saturated rings. The number of fused-ring (bicyclic) bond motifs is 1. The number of nitrogens with one attached hydrogen (secondary N) is 1. The number of aromatic nitrogens is 3. The Balaban J connectivity index is 1.72. The molecule has 1 amide bonds. The topological polar surface area (TPSA) is 67.8 Å². The Hall–Kier alpha value is -1.77.